The van der Waals surface area contributed by atoms with E-state index in [9.17, 15) is 4.79 Å². The van der Waals surface area contributed by atoms with Crippen LogP contribution in [0.1, 0.15) is 72.1 Å². The van der Waals surface area contributed by atoms with Gasteiger partial charge in [-0.05, 0) is 74.0 Å². The van der Waals surface area contributed by atoms with Crippen molar-refractivity contribution in [2.45, 2.75) is 83.8 Å². The molecule has 2 nitrogen and oxygen atoms in total. The van der Waals surface area contributed by atoms with Crippen LogP contribution in [-0.4, -0.2) is 17.5 Å². The Hall–Kier alpha value is -0.370. The van der Waals surface area contributed by atoms with Crippen molar-refractivity contribution >= 4 is 5.78 Å². The fourth-order valence-electron chi connectivity index (χ4n) is 7.76. The van der Waals surface area contributed by atoms with Gasteiger partial charge >= 0.3 is 0 Å². The van der Waals surface area contributed by atoms with Crippen LogP contribution >= 0.6 is 0 Å². The van der Waals surface area contributed by atoms with Crippen molar-refractivity contribution in [2.24, 2.45) is 34.5 Å². The first-order valence-corrected chi connectivity index (χ1v) is 9.63. The first-order chi connectivity index (χ1) is 10.4. The number of fused-ring (bicyclic) bond motifs is 4. The van der Waals surface area contributed by atoms with Gasteiger partial charge in [-0.3, -0.25) is 4.79 Å². The number of ketones is 1. The molecule has 0 aromatic rings. The molecule has 0 aromatic heterocycles. The Kier molecular flexibility index (Phi) is 2.54. The minimum atomic E-state index is -0.0402. The van der Waals surface area contributed by atoms with E-state index in [2.05, 4.69) is 20.8 Å². The van der Waals surface area contributed by atoms with Gasteiger partial charge < -0.3 is 4.74 Å². The third kappa shape index (κ3) is 1.37. The Balaban J connectivity index is 1.51. The van der Waals surface area contributed by atoms with Crippen molar-refractivity contribution < 1.29 is 9.53 Å². The molecule has 0 radical (unpaired) electrons. The zero-order chi connectivity index (χ0) is 15.3. The highest BCUT2D eigenvalue weighted by molar-refractivity contribution is 5.88. The summed E-state index contributed by atoms with van der Waals surface area (Å²) in [7, 11) is 0. The molecule has 2 heteroatoms. The van der Waals surface area contributed by atoms with E-state index < -0.39 is 0 Å². The average Bonchev–Trinajstić information content (AvgIpc) is 3.17. The molecule has 0 N–H and O–H groups in total. The van der Waals surface area contributed by atoms with E-state index in [1.54, 1.807) is 0 Å². The van der Waals surface area contributed by atoms with Gasteiger partial charge in [-0.15, -0.1) is 0 Å². The maximum Gasteiger partial charge on any atom is 0.164 e. The monoisotopic (exact) mass is 302 g/mol. The molecule has 0 bridgehead atoms. The number of hydrogen-bond acceptors (Lipinski definition) is 2. The van der Waals surface area contributed by atoms with E-state index in [1.165, 1.54) is 32.1 Å². The van der Waals surface area contributed by atoms with E-state index in [4.69, 9.17) is 4.74 Å². The van der Waals surface area contributed by atoms with Gasteiger partial charge in [-0.25, -0.2) is 0 Å². The summed E-state index contributed by atoms with van der Waals surface area (Å²) >= 11 is 0. The summed E-state index contributed by atoms with van der Waals surface area (Å²) in [6, 6.07) is 0. The van der Waals surface area contributed by atoms with Crippen LogP contribution < -0.4 is 0 Å². The average molecular weight is 302 g/mol. The molecule has 5 fully saturated rings. The lowest BCUT2D eigenvalue weighted by molar-refractivity contribution is -0.130. The molecule has 4 saturated carbocycles. The lowest BCUT2D eigenvalue weighted by Gasteiger charge is -2.59. The molecule has 4 aliphatic carbocycles. The highest BCUT2D eigenvalue weighted by Crippen LogP contribution is 2.72. The molecule has 5 rings (SSSR count). The second kappa shape index (κ2) is 3.99. The number of hydrogen-bond donors (Lipinski definition) is 0. The molecule has 8 unspecified atom stereocenters. The molecule has 1 spiro atoms. The normalized spacial score (nSPS) is 62.7. The van der Waals surface area contributed by atoms with Gasteiger partial charge in [-0.1, -0.05) is 20.8 Å². The molecular weight excluding hydrogens is 272 g/mol. The summed E-state index contributed by atoms with van der Waals surface area (Å²) in [6.07, 6.45) is 9.97. The second-order valence-electron chi connectivity index (χ2n) is 9.71. The number of carbonyl (C=O) groups excluding carboxylic acids is 1. The maximum absolute atomic E-state index is 12.1. The molecule has 0 amide bonds. The lowest BCUT2D eigenvalue weighted by atomic mass is 9.44. The topological polar surface area (TPSA) is 29.6 Å². The van der Waals surface area contributed by atoms with Gasteiger partial charge in [-0.2, -0.15) is 0 Å². The number of epoxide rings is 1. The van der Waals surface area contributed by atoms with Crippen LogP contribution in [0.3, 0.4) is 0 Å². The van der Waals surface area contributed by atoms with Crippen molar-refractivity contribution in [2.75, 3.05) is 0 Å². The Bertz CT molecular complexity index is 542. The fourth-order valence-corrected chi connectivity index (χ4v) is 7.76. The van der Waals surface area contributed by atoms with Gasteiger partial charge in [0.2, 0.25) is 0 Å². The zero-order valence-corrected chi connectivity index (χ0v) is 14.4. The third-order valence-electron chi connectivity index (χ3n) is 9.42. The Morgan fingerprint density at radius 1 is 1.00 bits per heavy atom. The van der Waals surface area contributed by atoms with Crippen molar-refractivity contribution in [3.05, 3.63) is 0 Å². The van der Waals surface area contributed by atoms with Gasteiger partial charge in [0.1, 0.15) is 11.7 Å². The van der Waals surface area contributed by atoms with Crippen LogP contribution in [-0.2, 0) is 9.53 Å². The summed E-state index contributed by atoms with van der Waals surface area (Å²) in [5.41, 5.74) is 0.833. The summed E-state index contributed by atoms with van der Waals surface area (Å²) in [4.78, 5) is 12.1. The molecule has 1 aliphatic heterocycles. The van der Waals surface area contributed by atoms with Crippen LogP contribution in [0.25, 0.3) is 0 Å². The van der Waals surface area contributed by atoms with Crippen LogP contribution in [0.2, 0.25) is 0 Å². The Morgan fingerprint density at radius 3 is 2.64 bits per heavy atom. The molecule has 22 heavy (non-hydrogen) atoms. The van der Waals surface area contributed by atoms with Crippen LogP contribution in [0.5, 0.6) is 0 Å². The number of Topliss-reactive ketones (excluding diaryl/α,β-unsaturated/α-hetero) is 1. The summed E-state index contributed by atoms with van der Waals surface area (Å²) in [6.45, 7) is 7.56. The Labute approximate surface area is 134 Å². The zero-order valence-electron chi connectivity index (χ0n) is 14.4. The minimum absolute atomic E-state index is 0.0250. The highest BCUT2D eigenvalue weighted by atomic mass is 16.6. The number of carbonyl (C=O) groups is 1. The SMILES string of the molecule is CC1CCC2C3CCC45OC4C(=O)CCC5(C)C3CCC12C. The van der Waals surface area contributed by atoms with Gasteiger partial charge in [0.25, 0.3) is 0 Å². The lowest BCUT2D eigenvalue weighted by Crippen LogP contribution is -2.58. The van der Waals surface area contributed by atoms with Gasteiger partial charge in [0, 0.05) is 11.8 Å². The summed E-state index contributed by atoms with van der Waals surface area (Å²) < 4.78 is 6.14. The van der Waals surface area contributed by atoms with E-state index >= 15 is 0 Å². The first-order valence-electron chi connectivity index (χ1n) is 9.63. The van der Waals surface area contributed by atoms with Crippen LogP contribution in [0.15, 0.2) is 0 Å². The molecule has 8 atom stereocenters. The smallest absolute Gasteiger partial charge is 0.164 e. The first kappa shape index (κ1) is 14.0. The molecule has 5 aliphatic rings. The molecule has 1 heterocycles. The van der Waals surface area contributed by atoms with Crippen molar-refractivity contribution in [3.8, 4) is 0 Å². The third-order valence-corrected chi connectivity index (χ3v) is 9.42. The van der Waals surface area contributed by atoms with Crippen LogP contribution in [0, 0.1) is 34.5 Å². The fraction of sp³-hybridized carbons (Fsp3) is 0.950. The van der Waals surface area contributed by atoms with Gasteiger partial charge in [0.15, 0.2) is 5.78 Å². The van der Waals surface area contributed by atoms with E-state index in [1.807, 2.05) is 0 Å². The molecule has 1 saturated heterocycles. The molecular formula is C20H30O2. The molecule has 0 aromatic carbocycles. The van der Waals surface area contributed by atoms with Gasteiger partial charge in [0.05, 0.1) is 0 Å². The van der Waals surface area contributed by atoms with Crippen molar-refractivity contribution in [1.29, 1.82) is 0 Å². The van der Waals surface area contributed by atoms with Crippen molar-refractivity contribution in [3.63, 3.8) is 0 Å². The summed E-state index contributed by atoms with van der Waals surface area (Å²) in [5, 5.41) is 0. The molecule has 122 valence electrons. The predicted molar refractivity (Wildman–Crippen MR) is 85.4 cm³/mol. The van der Waals surface area contributed by atoms with E-state index in [0.717, 1.165) is 42.9 Å². The van der Waals surface area contributed by atoms with E-state index in [0.29, 0.717) is 11.2 Å². The number of rotatable bonds is 0. The largest absolute Gasteiger partial charge is 0.357 e. The second-order valence-corrected chi connectivity index (χ2v) is 9.71. The quantitative estimate of drug-likeness (QED) is 0.622. The standard InChI is InChI=1S/C20H30O2/c1-12-4-5-14-13-6-11-20-17(22-20)16(21)8-10-19(20,3)15(13)7-9-18(12,14)2/h12-15,17H,4-11H2,1-3H3. The van der Waals surface area contributed by atoms with Crippen LogP contribution in [0.4, 0.5) is 0 Å². The predicted octanol–water partition coefficient (Wildman–Crippen LogP) is 4.37. The number of ether oxygens (including phenoxy) is 1. The van der Waals surface area contributed by atoms with E-state index in [-0.39, 0.29) is 17.1 Å². The Morgan fingerprint density at radius 2 is 1.82 bits per heavy atom. The summed E-state index contributed by atoms with van der Waals surface area (Å²) in [5.74, 6) is 3.94. The minimum Gasteiger partial charge on any atom is -0.357 e. The maximum atomic E-state index is 12.1. The highest BCUT2D eigenvalue weighted by Gasteiger charge is 2.76. The van der Waals surface area contributed by atoms with Crippen molar-refractivity contribution in [1.82, 2.24) is 0 Å².